The molecular formula is C37H28ClN9O26S8. The van der Waals surface area contributed by atoms with Gasteiger partial charge in [0.1, 0.15) is 31.7 Å². The van der Waals surface area contributed by atoms with Gasteiger partial charge in [-0.2, -0.15) is 69.0 Å². The summed E-state index contributed by atoms with van der Waals surface area (Å²) in [5, 5.41) is 34.0. The minimum atomic E-state index is -5.64. The minimum absolute atomic E-state index is 0.276. The van der Waals surface area contributed by atoms with Gasteiger partial charge in [-0.3, -0.25) is 36.9 Å². The highest BCUT2D eigenvalue weighted by Crippen LogP contribution is 2.48. The summed E-state index contributed by atoms with van der Waals surface area (Å²) in [4.78, 5) is 8.78. The van der Waals surface area contributed by atoms with Crippen LogP contribution in [0.15, 0.2) is 144 Å². The Bertz CT molecular complexity index is 5060. The first kappa shape index (κ1) is 61.4. The number of rotatable bonds is 17. The molecule has 1 heterocycles. The largest absolute Gasteiger partial charge is 0.505 e. The van der Waals surface area contributed by atoms with E-state index in [-0.39, 0.29) is 6.07 Å². The fourth-order valence-corrected chi connectivity index (χ4v) is 12.2. The smallest absolute Gasteiger partial charge is 0.397 e. The predicted molar refractivity (Wildman–Crippen MR) is 269 cm³/mol. The van der Waals surface area contributed by atoms with Crippen LogP contribution < -0.4 is 11.2 Å². The molecule has 6 aromatic carbocycles. The zero-order valence-corrected chi connectivity index (χ0v) is 45.9. The second-order valence-electron chi connectivity index (χ2n) is 15.7. The maximum Gasteiger partial charge on any atom is 0.397 e. The van der Waals surface area contributed by atoms with E-state index in [1.54, 1.807) is 0 Å². The molecule has 0 saturated heterocycles. The van der Waals surface area contributed by atoms with Crippen LogP contribution in [0.1, 0.15) is 0 Å². The number of halogens is 1. The molecule has 0 atom stereocenters. The Hall–Kier alpha value is -7.18. The molecule has 0 aliphatic rings. The number of phenolic OH excluding ortho intramolecular Hbond substituents is 2. The molecule has 0 amide bonds. The summed E-state index contributed by atoms with van der Waals surface area (Å²) in [5.74, 6) is -3.90. The van der Waals surface area contributed by atoms with E-state index in [2.05, 4.69) is 49.6 Å². The van der Waals surface area contributed by atoms with E-state index >= 15 is 0 Å². The highest BCUT2D eigenvalue weighted by Gasteiger charge is 2.29. The monoisotopic (exact) mass is 1300 g/mol. The van der Waals surface area contributed by atoms with Crippen LogP contribution in [-0.4, -0.2) is 137 Å². The third-order valence-corrected chi connectivity index (χ3v) is 17.7. The van der Waals surface area contributed by atoms with E-state index in [0.717, 1.165) is 24.3 Å². The first-order valence-corrected chi connectivity index (χ1v) is 32.4. The van der Waals surface area contributed by atoms with Gasteiger partial charge in [0.25, 0.3) is 60.7 Å². The Morgan fingerprint density at radius 2 is 0.975 bits per heavy atom. The van der Waals surface area contributed by atoms with Crippen molar-refractivity contribution >= 4 is 148 Å². The number of aromatic hydroxyl groups is 2. The number of benzene rings is 6. The van der Waals surface area contributed by atoms with Crippen LogP contribution in [0.4, 0.5) is 34.1 Å². The van der Waals surface area contributed by atoms with E-state index < -0.39 is 211 Å². The maximum atomic E-state index is 12.8. The van der Waals surface area contributed by atoms with Gasteiger partial charge in [0.2, 0.25) is 16.5 Å². The van der Waals surface area contributed by atoms with Crippen LogP contribution in [0.2, 0.25) is 5.28 Å². The van der Waals surface area contributed by atoms with Crippen LogP contribution >= 0.6 is 11.6 Å². The van der Waals surface area contributed by atoms with Crippen LogP contribution in [0, 0.1) is 0 Å². The lowest BCUT2D eigenvalue weighted by molar-refractivity contribution is 0.283. The number of nitrogens with one attached hydrogen (secondary N) is 2. The van der Waals surface area contributed by atoms with Crippen molar-refractivity contribution in [1.29, 1.82) is 0 Å². The van der Waals surface area contributed by atoms with Gasteiger partial charge < -0.3 is 15.2 Å². The van der Waals surface area contributed by atoms with Gasteiger partial charge in [-0.25, -0.2) is 22.6 Å². The van der Waals surface area contributed by atoms with Gasteiger partial charge in [0.05, 0.1) is 59.8 Å². The number of fused-ring (bicyclic) bond motifs is 2. The van der Waals surface area contributed by atoms with E-state index in [0.29, 0.717) is 48.5 Å². The molecule has 0 bridgehead atoms. The Morgan fingerprint density at radius 3 is 1.46 bits per heavy atom. The lowest BCUT2D eigenvalue weighted by Crippen LogP contribution is -2.26. The van der Waals surface area contributed by atoms with Gasteiger partial charge in [0.15, 0.2) is 21.3 Å². The summed E-state index contributed by atoms with van der Waals surface area (Å²) in [6.07, 6.45) is 0. The third-order valence-electron chi connectivity index (χ3n) is 10.3. The maximum absolute atomic E-state index is 12.8. The molecule has 7 rings (SSSR count). The lowest BCUT2D eigenvalue weighted by Gasteiger charge is -2.12. The van der Waals surface area contributed by atoms with Crippen molar-refractivity contribution in [2.45, 2.75) is 34.3 Å². The minimum Gasteiger partial charge on any atom is -0.505 e. The van der Waals surface area contributed by atoms with Crippen molar-refractivity contribution in [3.63, 3.8) is 0 Å². The van der Waals surface area contributed by atoms with Crippen molar-refractivity contribution in [1.82, 2.24) is 15.0 Å². The third kappa shape index (κ3) is 14.3. The number of H-pyrrole nitrogens is 2. The molecule has 7 aromatic rings. The molecule has 432 valence electrons. The molecule has 81 heavy (non-hydrogen) atoms. The highest BCUT2D eigenvalue weighted by atomic mass is 35.5. The summed E-state index contributed by atoms with van der Waals surface area (Å²) in [6.45, 7) is -1.19. The summed E-state index contributed by atoms with van der Waals surface area (Å²) >= 11 is 6.23. The molecule has 0 unspecified atom stereocenters. The van der Waals surface area contributed by atoms with Gasteiger partial charge in [-0.1, -0.05) is 6.07 Å². The standard InChI is InChI=1S/C37H28ClN9O26S8/c38-35-41-36(39-24-13-21(76(55,56)57)8-16-10-27(79(64,65)66)31(33(48)29(16)24)46-44-18-2-1-3-20(12-18)75(52,53)54)43-37(42-35)40-25-14-22(77(58,59)60)9-17-11-28(80(67,68)69)32(34(49)30(17)25)47-45-23-5-4-19(15-26(23)78(61,62)63)74(50,51)7-6-73-81(70,71)72/h1-5,8-15,48-49H,6-7H2,(H,52,53,54)(H,55,56,57)(H,58,59,60)(H,61,62,63)(H,64,65,66)(H,67,68,69)(H,70,71,72)(H2,39,40,41,42,43). The Balaban J connectivity index is 1.47. The van der Waals surface area contributed by atoms with Gasteiger partial charge in [-0.15, -0.1) is 15.3 Å². The molecule has 0 radical (unpaired) electrons. The van der Waals surface area contributed by atoms with Crippen molar-refractivity contribution in [2.75, 3.05) is 12.4 Å². The SMILES string of the molecule is O=S(=O)(O)OCCS(=O)(=O)c1ccc(N=Nc2c(S(=O)(=O)O)cc3cc(S(=O)(=O)O)cc(N=c4[nH]c(Cl)nc(=Nc5cc(S(=O)(=O)O)cc6cc(S(=O)(=O)O)c(N=Nc7cccc(S(=O)(=O)O)c7)c(O)c56)[nH]4)c3c2O)c(S(=O)(=O)O)c1. The van der Waals surface area contributed by atoms with Crippen LogP contribution in [0.3, 0.4) is 0 Å². The Kier molecular flexibility index (Phi) is 16.4. The number of aromatic amines is 2. The van der Waals surface area contributed by atoms with Crippen LogP contribution in [-0.2, 0) is 85.1 Å². The Morgan fingerprint density at radius 1 is 0.481 bits per heavy atom. The summed E-state index contributed by atoms with van der Waals surface area (Å²) < 4.78 is 269. The molecule has 0 spiro atoms. The molecule has 0 fully saturated rings. The average molecular weight is 1310 g/mol. The number of nitrogens with zero attached hydrogens (tertiary/aromatic N) is 7. The lowest BCUT2D eigenvalue weighted by atomic mass is 10.1. The highest BCUT2D eigenvalue weighted by molar-refractivity contribution is 7.91. The molecule has 0 aliphatic heterocycles. The molecular weight excluding hydrogens is 1280 g/mol. The molecule has 44 heteroatoms. The van der Waals surface area contributed by atoms with E-state index in [1.165, 1.54) is 0 Å². The summed E-state index contributed by atoms with van der Waals surface area (Å²) in [6, 6.07) is 8.45. The van der Waals surface area contributed by atoms with Crippen LogP contribution in [0.5, 0.6) is 11.5 Å². The normalized spacial score (nSPS) is 14.0. The summed E-state index contributed by atoms with van der Waals surface area (Å²) in [5.41, 5.74) is -7.07. The van der Waals surface area contributed by atoms with Gasteiger partial charge in [-0.05, 0) is 95.2 Å². The number of sulfone groups is 1. The molecule has 0 aliphatic carbocycles. The van der Waals surface area contributed by atoms with Crippen LogP contribution in [0.25, 0.3) is 21.5 Å². The van der Waals surface area contributed by atoms with Gasteiger partial charge in [0, 0.05) is 0 Å². The second-order valence-corrected chi connectivity index (χ2v) is 27.7. The molecule has 1 aromatic heterocycles. The first-order chi connectivity index (χ1) is 37.0. The predicted octanol–water partition coefficient (Wildman–Crippen LogP) is 3.48. The van der Waals surface area contributed by atoms with Crippen molar-refractivity contribution in [2.24, 2.45) is 30.4 Å². The fraction of sp³-hybridized carbons (Fsp3) is 0.0541. The summed E-state index contributed by atoms with van der Waals surface area (Å²) in [7, 11) is -42.0. The molecule has 35 nitrogen and oxygen atoms in total. The second kappa shape index (κ2) is 21.6. The number of hydrogen-bond acceptors (Lipinski definition) is 26. The van der Waals surface area contributed by atoms with E-state index in [9.17, 15) is 105 Å². The topological polar surface area (TPSA) is 583 Å². The number of phenols is 2. The quantitative estimate of drug-likeness (QED) is 0.0459. The fourth-order valence-electron chi connectivity index (χ4n) is 6.93. The zero-order chi connectivity index (χ0) is 60.4. The van der Waals surface area contributed by atoms with E-state index in [1.807, 2.05) is 0 Å². The average Bonchev–Trinajstić information content (AvgIpc) is 3.37. The van der Waals surface area contributed by atoms with Gasteiger partial charge >= 0.3 is 10.4 Å². The van der Waals surface area contributed by atoms with E-state index in [4.69, 9.17) is 16.2 Å². The zero-order valence-electron chi connectivity index (χ0n) is 38.7. The van der Waals surface area contributed by atoms with Crippen molar-refractivity contribution in [3.8, 4) is 11.5 Å². The number of hydrogen-bond donors (Lipinski definition) is 11. The Labute approximate surface area is 457 Å². The molecule has 11 N–H and O–H groups in total. The van der Waals surface area contributed by atoms with Crippen molar-refractivity contribution < 1.29 is 114 Å². The number of aromatic nitrogens is 3. The molecule has 0 saturated carbocycles. The number of azo groups is 2. The van der Waals surface area contributed by atoms with Crippen molar-refractivity contribution in [3.05, 3.63) is 95.4 Å². The first-order valence-electron chi connectivity index (χ1n) is 20.4.